The van der Waals surface area contributed by atoms with Crippen LogP contribution in [0.3, 0.4) is 0 Å². The molecule has 0 atom stereocenters. The fourth-order valence-electron chi connectivity index (χ4n) is 2.40. The molecule has 3 rings (SSSR count). The highest BCUT2D eigenvalue weighted by molar-refractivity contribution is 5.92. The number of rotatable bonds is 6. The zero-order valence-electron chi connectivity index (χ0n) is 14.6. The summed E-state index contributed by atoms with van der Waals surface area (Å²) in [5.74, 6) is 1.45. The number of carbonyl (C=O) groups excluding carboxylic acids is 1. The molecule has 1 heterocycles. The Kier molecular flexibility index (Phi) is 5.43. The Labute approximate surface area is 151 Å². The van der Waals surface area contributed by atoms with E-state index < -0.39 is 0 Å². The van der Waals surface area contributed by atoms with Gasteiger partial charge in [0.25, 0.3) is 5.91 Å². The third-order valence-corrected chi connectivity index (χ3v) is 3.63. The van der Waals surface area contributed by atoms with Crippen molar-refractivity contribution < 1.29 is 14.3 Å². The largest absolute Gasteiger partial charge is 0.493 e. The average Bonchev–Trinajstić information content (AvgIpc) is 2.67. The van der Waals surface area contributed by atoms with Gasteiger partial charge in [-0.2, -0.15) is 0 Å². The summed E-state index contributed by atoms with van der Waals surface area (Å²) < 4.78 is 10.7. The number of carbonyl (C=O) groups is 1. The van der Waals surface area contributed by atoms with E-state index in [-0.39, 0.29) is 12.5 Å². The van der Waals surface area contributed by atoms with Crippen molar-refractivity contribution in [2.45, 2.75) is 6.92 Å². The Hall–Kier alpha value is -3.41. The summed E-state index contributed by atoms with van der Waals surface area (Å²) in [6, 6.07) is 16.4. The third kappa shape index (κ3) is 4.36. The number of nitrogens with one attached hydrogen (secondary N) is 1. The highest BCUT2D eigenvalue weighted by Crippen LogP contribution is 2.25. The van der Waals surface area contributed by atoms with E-state index in [4.69, 9.17) is 9.47 Å². The van der Waals surface area contributed by atoms with Crippen LogP contribution in [0.4, 0.5) is 5.69 Å². The van der Waals surface area contributed by atoms with Crippen molar-refractivity contribution in [3.05, 3.63) is 66.5 Å². The molecule has 0 unspecified atom stereocenters. The zero-order chi connectivity index (χ0) is 18.4. The van der Waals surface area contributed by atoms with Crippen LogP contribution in [0, 0.1) is 6.92 Å². The lowest BCUT2D eigenvalue weighted by atomic mass is 10.2. The van der Waals surface area contributed by atoms with E-state index in [0.717, 1.165) is 11.3 Å². The van der Waals surface area contributed by atoms with Crippen LogP contribution < -0.4 is 14.8 Å². The number of para-hydroxylation sites is 2. The fraction of sp³-hybridized carbons (Fsp3) is 0.150. The normalized spacial score (nSPS) is 10.2. The first-order valence-corrected chi connectivity index (χ1v) is 8.11. The molecule has 0 fully saturated rings. The van der Waals surface area contributed by atoms with Gasteiger partial charge >= 0.3 is 0 Å². The van der Waals surface area contributed by atoms with Crippen LogP contribution in [0.1, 0.15) is 5.69 Å². The first-order chi connectivity index (χ1) is 12.7. The van der Waals surface area contributed by atoms with Crippen LogP contribution in [0.25, 0.3) is 11.4 Å². The molecule has 6 nitrogen and oxygen atoms in total. The first-order valence-electron chi connectivity index (χ1n) is 8.11. The number of aryl methyl sites for hydroxylation is 1. The van der Waals surface area contributed by atoms with Crippen LogP contribution in [0.15, 0.2) is 60.8 Å². The molecule has 0 bridgehead atoms. The van der Waals surface area contributed by atoms with E-state index in [9.17, 15) is 4.79 Å². The molecule has 1 aromatic heterocycles. The zero-order valence-corrected chi connectivity index (χ0v) is 14.6. The molecule has 1 N–H and O–H groups in total. The molecular weight excluding hydrogens is 330 g/mol. The van der Waals surface area contributed by atoms with Crippen molar-refractivity contribution in [2.75, 3.05) is 19.0 Å². The molecule has 26 heavy (non-hydrogen) atoms. The van der Waals surface area contributed by atoms with Crippen LogP contribution in [-0.4, -0.2) is 29.6 Å². The van der Waals surface area contributed by atoms with Crippen LogP contribution >= 0.6 is 0 Å². The SMILES string of the molecule is COc1ccccc1OCC(=O)Nc1cccc(-c2nccc(C)n2)c1. The van der Waals surface area contributed by atoms with Crippen LogP contribution in [0.2, 0.25) is 0 Å². The molecule has 0 saturated carbocycles. The lowest BCUT2D eigenvalue weighted by Crippen LogP contribution is -2.20. The van der Waals surface area contributed by atoms with Gasteiger partial charge in [0.15, 0.2) is 23.9 Å². The van der Waals surface area contributed by atoms with Crippen molar-refractivity contribution in [3.63, 3.8) is 0 Å². The van der Waals surface area contributed by atoms with Crippen molar-refractivity contribution >= 4 is 11.6 Å². The van der Waals surface area contributed by atoms with E-state index in [1.807, 2.05) is 43.3 Å². The topological polar surface area (TPSA) is 73.3 Å². The predicted octanol–water partition coefficient (Wildman–Crippen LogP) is 3.48. The van der Waals surface area contributed by atoms with Crippen LogP contribution in [0.5, 0.6) is 11.5 Å². The van der Waals surface area contributed by atoms with Crippen LogP contribution in [-0.2, 0) is 4.79 Å². The monoisotopic (exact) mass is 349 g/mol. The van der Waals surface area contributed by atoms with Gasteiger partial charge in [0.05, 0.1) is 7.11 Å². The summed E-state index contributed by atoms with van der Waals surface area (Å²) in [4.78, 5) is 20.8. The predicted molar refractivity (Wildman–Crippen MR) is 99.3 cm³/mol. The van der Waals surface area contributed by atoms with E-state index >= 15 is 0 Å². The Morgan fingerprint density at radius 3 is 2.65 bits per heavy atom. The van der Waals surface area contributed by atoms with E-state index in [2.05, 4.69) is 15.3 Å². The molecule has 0 aliphatic heterocycles. The van der Waals surface area contributed by atoms with Crippen molar-refractivity contribution in [3.8, 4) is 22.9 Å². The minimum atomic E-state index is -0.266. The molecule has 0 aliphatic carbocycles. The van der Waals surface area contributed by atoms with E-state index in [0.29, 0.717) is 23.0 Å². The highest BCUT2D eigenvalue weighted by Gasteiger charge is 2.08. The van der Waals surface area contributed by atoms with Crippen molar-refractivity contribution in [2.24, 2.45) is 0 Å². The number of aromatic nitrogens is 2. The highest BCUT2D eigenvalue weighted by atomic mass is 16.5. The van der Waals surface area contributed by atoms with Crippen molar-refractivity contribution in [1.29, 1.82) is 0 Å². The maximum Gasteiger partial charge on any atom is 0.262 e. The summed E-state index contributed by atoms with van der Waals surface area (Å²) >= 11 is 0. The number of methoxy groups -OCH3 is 1. The van der Waals surface area contributed by atoms with Gasteiger partial charge in [-0.05, 0) is 37.3 Å². The fourth-order valence-corrected chi connectivity index (χ4v) is 2.40. The van der Waals surface area contributed by atoms with Gasteiger partial charge in [-0.25, -0.2) is 9.97 Å². The van der Waals surface area contributed by atoms with Gasteiger partial charge in [-0.3, -0.25) is 4.79 Å². The molecule has 0 radical (unpaired) electrons. The quantitative estimate of drug-likeness (QED) is 0.737. The molecule has 0 aliphatic rings. The maximum absolute atomic E-state index is 12.2. The molecule has 0 spiro atoms. The Morgan fingerprint density at radius 2 is 1.88 bits per heavy atom. The van der Waals surface area contributed by atoms with Gasteiger partial charge in [0.1, 0.15) is 0 Å². The number of hydrogen-bond acceptors (Lipinski definition) is 5. The number of hydrogen-bond donors (Lipinski definition) is 1. The molecule has 1 amide bonds. The van der Waals surface area contributed by atoms with Gasteiger partial charge in [0, 0.05) is 23.1 Å². The van der Waals surface area contributed by atoms with E-state index in [1.54, 1.807) is 31.5 Å². The second-order valence-corrected chi connectivity index (χ2v) is 5.59. The van der Waals surface area contributed by atoms with Crippen molar-refractivity contribution in [1.82, 2.24) is 9.97 Å². The summed E-state index contributed by atoms with van der Waals surface area (Å²) in [7, 11) is 1.56. The molecular formula is C20H19N3O3. The number of amides is 1. The second-order valence-electron chi connectivity index (χ2n) is 5.59. The van der Waals surface area contributed by atoms with Gasteiger partial charge in [0.2, 0.25) is 0 Å². The van der Waals surface area contributed by atoms with Gasteiger partial charge in [-0.15, -0.1) is 0 Å². The molecule has 132 valence electrons. The second kappa shape index (κ2) is 8.11. The summed E-state index contributed by atoms with van der Waals surface area (Å²) in [5, 5.41) is 2.81. The van der Waals surface area contributed by atoms with Gasteiger partial charge in [-0.1, -0.05) is 24.3 Å². The molecule has 2 aromatic carbocycles. The number of ether oxygens (including phenoxy) is 2. The van der Waals surface area contributed by atoms with Gasteiger partial charge < -0.3 is 14.8 Å². The Bertz CT molecular complexity index is 912. The number of nitrogens with zero attached hydrogens (tertiary/aromatic N) is 2. The minimum absolute atomic E-state index is 0.119. The number of benzene rings is 2. The average molecular weight is 349 g/mol. The summed E-state index contributed by atoms with van der Waals surface area (Å²) in [6.45, 7) is 1.79. The smallest absolute Gasteiger partial charge is 0.262 e. The molecule has 3 aromatic rings. The molecule has 0 saturated heterocycles. The first kappa shape index (κ1) is 17.4. The Morgan fingerprint density at radius 1 is 1.08 bits per heavy atom. The Balaban J connectivity index is 1.65. The summed E-state index contributed by atoms with van der Waals surface area (Å²) in [5.41, 5.74) is 2.37. The molecule has 6 heteroatoms. The lowest BCUT2D eigenvalue weighted by molar-refractivity contribution is -0.118. The summed E-state index contributed by atoms with van der Waals surface area (Å²) in [6.07, 6.45) is 1.71. The standard InChI is InChI=1S/C20H19N3O3/c1-14-10-11-21-20(22-14)15-6-5-7-16(12-15)23-19(24)13-26-18-9-4-3-8-17(18)25-2/h3-12H,13H2,1-2H3,(H,23,24). The van der Waals surface area contributed by atoms with E-state index in [1.165, 1.54) is 0 Å². The lowest BCUT2D eigenvalue weighted by Gasteiger charge is -2.11. The minimum Gasteiger partial charge on any atom is -0.493 e. The number of anilines is 1. The third-order valence-electron chi connectivity index (χ3n) is 3.63. The maximum atomic E-state index is 12.2.